The zero-order valence-electron chi connectivity index (χ0n) is 11.3. The fourth-order valence-electron chi connectivity index (χ4n) is 1.69. The van der Waals surface area contributed by atoms with Crippen molar-refractivity contribution >= 4 is 27.6 Å². The number of halogens is 3. The van der Waals surface area contributed by atoms with Crippen molar-refractivity contribution in [3.8, 4) is 0 Å². The van der Waals surface area contributed by atoms with Crippen LogP contribution in [0, 0.1) is 11.6 Å². The van der Waals surface area contributed by atoms with E-state index in [1.54, 1.807) is 6.92 Å². The third-order valence-corrected chi connectivity index (χ3v) is 3.30. The van der Waals surface area contributed by atoms with E-state index in [0.717, 1.165) is 25.3 Å². The van der Waals surface area contributed by atoms with E-state index in [2.05, 4.69) is 21.2 Å². The molecule has 1 rings (SSSR count). The van der Waals surface area contributed by atoms with E-state index in [4.69, 9.17) is 4.74 Å². The van der Waals surface area contributed by atoms with E-state index in [-0.39, 0.29) is 16.1 Å². The van der Waals surface area contributed by atoms with E-state index >= 15 is 0 Å². The normalized spacial score (nSPS) is 10.4. The SMILES string of the molecule is CCOC(=O)CCCCCNc1cc(Br)c(F)cc1F. The molecular weight excluding hydrogens is 332 g/mol. The summed E-state index contributed by atoms with van der Waals surface area (Å²) < 4.78 is 31.5. The van der Waals surface area contributed by atoms with Gasteiger partial charge in [0.1, 0.15) is 11.6 Å². The van der Waals surface area contributed by atoms with Gasteiger partial charge in [0.15, 0.2) is 0 Å². The smallest absolute Gasteiger partial charge is 0.305 e. The van der Waals surface area contributed by atoms with Crippen LogP contribution in [0.4, 0.5) is 14.5 Å². The summed E-state index contributed by atoms with van der Waals surface area (Å²) in [4.78, 5) is 11.1. The maximum absolute atomic E-state index is 13.4. The summed E-state index contributed by atoms with van der Waals surface area (Å²) in [5.74, 6) is -1.42. The van der Waals surface area contributed by atoms with Crippen LogP contribution in [0.25, 0.3) is 0 Å². The summed E-state index contributed by atoms with van der Waals surface area (Å²) in [5, 5.41) is 2.91. The summed E-state index contributed by atoms with van der Waals surface area (Å²) in [6.07, 6.45) is 2.80. The Morgan fingerprint density at radius 3 is 2.70 bits per heavy atom. The predicted octanol–water partition coefficient (Wildman–Crippen LogP) is 4.26. The number of anilines is 1. The number of rotatable bonds is 8. The molecule has 0 radical (unpaired) electrons. The molecule has 0 saturated carbocycles. The van der Waals surface area contributed by atoms with Crippen LogP contribution < -0.4 is 5.32 Å². The fraction of sp³-hybridized carbons (Fsp3) is 0.500. The first-order chi connectivity index (χ1) is 9.54. The molecule has 0 saturated heterocycles. The molecule has 0 unspecified atom stereocenters. The van der Waals surface area contributed by atoms with Gasteiger partial charge in [-0.2, -0.15) is 0 Å². The molecule has 3 nitrogen and oxygen atoms in total. The predicted molar refractivity (Wildman–Crippen MR) is 77.6 cm³/mol. The highest BCUT2D eigenvalue weighted by molar-refractivity contribution is 9.10. The molecule has 20 heavy (non-hydrogen) atoms. The molecule has 0 fully saturated rings. The molecule has 1 aromatic rings. The van der Waals surface area contributed by atoms with Crippen molar-refractivity contribution in [3.05, 3.63) is 28.2 Å². The Hall–Kier alpha value is -1.17. The minimum Gasteiger partial charge on any atom is -0.466 e. The molecule has 6 heteroatoms. The van der Waals surface area contributed by atoms with E-state index in [0.29, 0.717) is 19.6 Å². The Balaban J connectivity index is 2.22. The summed E-state index contributed by atoms with van der Waals surface area (Å²) >= 11 is 3.01. The van der Waals surface area contributed by atoms with Crippen LogP contribution in [0.1, 0.15) is 32.6 Å². The van der Waals surface area contributed by atoms with Gasteiger partial charge in [0.25, 0.3) is 0 Å². The molecule has 0 heterocycles. The quantitative estimate of drug-likeness (QED) is 0.432. The molecule has 1 N–H and O–H groups in total. The van der Waals surface area contributed by atoms with Crippen LogP contribution in [0.2, 0.25) is 0 Å². The number of hydrogen-bond acceptors (Lipinski definition) is 3. The number of hydrogen-bond donors (Lipinski definition) is 1. The van der Waals surface area contributed by atoms with Crippen LogP contribution >= 0.6 is 15.9 Å². The zero-order chi connectivity index (χ0) is 15.0. The lowest BCUT2D eigenvalue weighted by Crippen LogP contribution is -2.06. The van der Waals surface area contributed by atoms with Gasteiger partial charge in [0.05, 0.1) is 16.8 Å². The van der Waals surface area contributed by atoms with Gasteiger partial charge in [-0.25, -0.2) is 8.78 Å². The lowest BCUT2D eigenvalue weighted by Gasteiger charge is -2.08. The number of nitrogens with one attached hydrogen (secondary N) is 1. The third-order valence-electron chi connectivity index (χ3n) is 2.69. The van der Waals surface area contributed by atoms with Gasteiger partial charge in [0, 0.05) is 19.0 Å². The second-order valence-corrected chi connectivity index (χ2v) is 5.14. The molecule has 0 aliphatic rings. The van der Waals surface area contributed by atoms with Crippen LogP contribution in [-0.2, 0) is 9.53 Å². The molecular formula is C14H18BrF2NO2. The topological polar surface area (TPSA) is 38.3 Å². The van der Waals surface area contributed by atoms with Crippen molar-refractivity contribution in [1.29, 1.82) is 0 Å². The van der Waals surface area contributed by atoms with Crippen LogP contribution in [0.3, 0.4) is 0 Å². The maximum Gasteiger partial charge on any atom is 0.305 e. The fourth-order valence-corrected chi connectivity index (χ4v) is 2.03. The van der Waals surface area contributed by atoms with E-state index in [1.165, 1.54) is 6.07 Å². The highest BCUT2D eigenvalue weighted by atomic mass is 79.9. The number of ether oxygens (including phenoxy) is 1. The lowest BCUT2D eigenvalue weighted by atomic mass is 10.2. The molecule has 0 amide bonds. The van der Waals surface area contributed by atoms with Crippen LogP contribution in [0.5, 0.6) is 0 Å². The Morgan fingerprint density at radius 1 is 1.25 bits per heavy atom. The van der Waals surface area contributed by atoms with Crippen molar-refractivity contribution in [2.45, 2.75) is 32.6 Å². The summed E-state index contributed by atoms with van der Waals surface area (Å²) in [6, 6.07) is 2.22. The maximum atomic E-state index is 13.4. The van der Waals surface area contributed by atoms with Gasteiger partial charge in [-0.3, -0.25) is 4.79 Å². The number of carbonyl (C=O) groups is 1. The molecule has 0 aromatic heterocycles. The summed E-state index contributed by atoms with van der Waals surface area (Å²) in [6.45, 7) is 2.74. The number of esters is 1. The first kappa shape index (κ1) is 16.9. The van der Waals surface area contributed by atoms with Gasteiger partial charge in [-0.1, -0.05) is 6.42 Å². The minimum atomic E-state index is -0.623. The molecule has 0 aliphatic carbocycles. The first-order valence-corrected chi connectivity index (χ1v) is 7.38. The largest absolute Gasteiger partial charge is 0.466 e. The Morgan fingerprint density at radius 2 is 2.00 bits per heavy atom. The van der Waals surface area contributed by atoms with Gasteiger partial charge in [-0.15, -0.1) is 0 Å². The van der Waals surface area contributed by atoms with Gasteiger partial charge < -0.3 is 10.1 Å². The first-order valence-electron chi connectivity index (χ1n) is 6.58. The summed E-state index contributed by atoms with van der Waals surface area (Å²) in [5.41, 5.74) is 0.267. The molecule has 1 aromatic carbocycles. The van der Waals surface area contributed by atoms with E-state index < -0.39 is 11.6 Å². The third kappa shape index (κ3) is 5.86. The average molecular weight is 350 g/mol. The Kier molecular flexibility index (Phi) is 7.51. The molecule has 0 bridgehead atoms. The monoisotopic (exact) mass is 349 g/mol. The second kappa shape index (κ2) is 8.89. The van der Waals surface area contributed by atoms with Gasteiger partial charge >= 0.3 is 5.97 Å². The lowest BCUT2D eigenvalue weighted by molar-refractivity contribution is -0.143. The minimum absolute atomic E-state index is 0.186. The van der Waals surface area contributed by atoms with Crippen LogP contribution in [0.15, 0.2) is 16.6 Å². The Bertz CT molecular complexity index is 455. The highest BCUT2D eigenvalue weighted by Gasteiger charge is 2.07. The number of carbonyl (C=O) groups excluding carboxylic acids is 1. The average Bonchev–Trinajstić information content (AvgIpc) is 2.39. The van der Waals surface area contributed by atoms with Crippen molar-refractivity contribution < 1.29 is 18.3 Å². The number of benzene rings is 1. The van der Waals surface area contributed by atoms with Crippen molar-refractivity contribution in [1.82, 2.24) is 0 Å². The molecule has 0 atom stereocenters. The number of unbranched alkanes of at least 4 members (excludes halogenated alkanes) is 2. The van der Waals surface area contributed by atoms with Crippen molar-refractivity contribution in [3.63, 3.8) is 0 Å². The van der Waals surface area contributed by atoms with Crippen LogP contribution in [-0.4, -0.2) is 19.1 Å². The second-order valence-electron chi connectivity index (χ2n) is 4.29. The zero-order valence-corrected chi connectivity index (χ0v) is 12.9. The van der Waals surface area contributed by atoms with Gasteiger partial charge in [0.2, 0.25) is 0 Å². The standard InChI is InChI=1S/C14H18BrF2NO2/c1-2-20-14(19)6-4-3-5-7-18-13-8-10(15)11(16)9-12(13)17/h8-9,18H,2-7H2,1H3. The highest BCUT2D eigenvalue weighted by Crippen LogP contribution is 2.23. The Labute approximate surface area is 125 Å². The van der Waals surface area contributed by atoms with E-state index in [9.17, 15) is 13.6 Å². The molecule has 0 spiro atoms. The molecule has 0 aliphatic heterocycles. The van der Waals surface area contributed by atoms with Crippen molar-refractivity contribution in [2.75, 3.05) is 18.5 Å². The van der Waals surface area contributed by atoms with E-state index in [1.807, 2.05) is 0 Å². The summed E-state index contributed by atoms with van der Waals surface area (Å²) in [7, 11) is 0. The van der Waals surface area contributed by atoms with Crippen molar-refractivity contribution in [2.24, 2.45) is 0 Å². The molecule has 112 valence electrons. The van der Waals surface area contributed by atoms with Gasteiger partial charge in [-0.05, 0) is 41.8 Å².